The second kappa shape index (κ2) is 8.49. The van der Waals surface area contributed by atoms with Crippen molar-refractivity contribution in [2.24, 2.45) is 0 Å². The summed E-state index contributed by atoms with van der Waals surface area (Å²) in [5.74, 6) is 0. The highest BCUT2D eigenvalue weighted by molar-refractivity contribution is 6.16. The third-order valence-electron chi connectivity index (χ3n) is 10.1. The fraction of sp³-hybridized carbons (Fsp3) is 0.0476. The summed E-state index contributed by atoms with van der Waals surface area (Å²) in [5, 5.41) is 5.21. The predicted molar refractivity (Wildman–Crippen MR) is 184 cm³/mol. The van der Waals surface area contributed by atoms with Gasteiger partial charge in [-0.25, -0.2) is 0 Å². The molecule has 8 aromatic rings. The summed E-state index contributed by atoms with van der Waals surface area (Å²) in [7, 11) is 0. The summed E-state index contributed by atoms with van der Waals surface area (Å²) in [6, 6.07) is 55.8. The fourth-order valence-electron chi connectivity index (χ4n) is 8.31. The van der Waals surface area contributed by atoms with Gasteiger partial charge in [-0.3, -0.25) is 0 Å². The number of fused-ring (bicyclic) bond motifs is 8. The average molecular weight is 561 g/mol. The maximum absolute atomic E-state index is 2.56. The van der Waals surface area contributed by atoms with Crippen LogP contribution in [0.2, 0.25) is 0 Å². The maximum Gasteiger partial charge on any atom is 0.0585 e. The van der Waals surface area contributed by atoms with Gasteiger partial charge in [0.05, 0.1) is 16.7 Å². The monoisotopic (exact) mass is 560 g/mol. The van der Waals surface area contributed by atoms with Gasteiger partial charge in [-0.2, -0.15) is 0 Å². The molecule has 1 unspecified atom stereocenters. The van der Waals surface area contributed by atoms with Crippen LogP contribution in [0.15, 0.2) is 152 Å². The quantitative estimate of drug-likeness (QED) is 0.209. The molecule has 206 valence electrons. The largest absolute Gasteiger partial charge is 0.310 e. The molecule has 0 spiro atoms. The molecule has 0 radical (unpaired) electrons. The van der Waals surface area contributed by atoms with Crippen LogP contribution in [-0.2, 0) is 5.41 Å². The molecular weight excluding hydrogens is 532 g/mol. The highest BCUT2D eigenvalue weighted by atomic mass is 15.1. The molecule has 0 amide bonds. The van der Waals surface area contributed by atoms with Crippen molar-refractivity contribution < 1.29 is 0 Å². The molecule has 2 heterocycles. The topological polar surface area (TPSA) is 8.17 Å². The van der Waals surface area contributed by atoms with Crippen LogP contribution in [0, 0.1) is 0 Å². The van der Waals surface area contributed by atoms with E-state index >= 15 is 0 Å². The Bertz CT molecular complexity index is 2410. The summed E-state index contributed by atoms with van der Waals surface area (Å²) < 4.78 is 2.56. The lowest BCUT2D eigenvalue weighted by atomic mass is 9.72. The van der Waals surface area contributed by atoms with Crippen molar-refractivity contribution >= 4 is 49.6 Å². The SMILES string of the molecule is CC12c3ccccc3-c3ccc4cccc(c4c31)-n1c3cc(N(c4ccccc4)c4ccccc4)ccc3c3cccc2c31. The number of hydrogen-bond acceptors (Lipinski definition) is 1. The minimum absolute atomic E-state index is 0.271. The molecule has 44 heavy (non-hydrogen) atoms. The Morgan fingerprint density at radius 3 is 2.02 bits per heavy atom. The van der Waals surface area contributed by atoms with Crippen LogP contribution in [0.1, 0.15) is 23.6 Å². The number of nitrogens with zero attached hydrogens (tertiary/aromatic N) is 2. The van der Waals surface area contributed by atoms with E-state index in [1.807, 2.05) is 0 Å². The first-order valence-electron chi connectivity index (χ1n) is 15.4. The van der Waals surface area contributed by atoms with Crippen LogP contribution in [0.5, 0.6) is 0 Å². The number of para-hydroxylation sites is 3. The minimum Gasteiger partial charge on any atom is -0.310 e. The van der Waals surface area contributed by atoms with Gasteiger partial charge in [0.2, 0.25) is 0 Å². The molecule has 2 nitrogen and oxygen atoms in total. The maximum atomic E-state index is 2.56. The zero-order valence-corrected chi connectivity index (χ0v) is 24.3. The Labute approximate surface area is 256 Å². The van der Waals surface area contributed by atoms with Gasteiger partial charge < -0.3 is 9.47 Å². The smallest absolute Gasteiger partial charge is 0.0585 e. The number of hydrogen-bond donors (Lipinski definition) is 0. The molecule has 1 aliphatic heterocycles. The van der Waals surface area contributed by atoms with E-state index in [9.17, 15) is 0 Å². The summed E-state index contributed by atoms with van der Waals surface area (Å²) in [5.41, 5.74) is 13.8. The van der Waals surface area contributed by atoms with Crippen molar-refractivity contribution in [3.63, 3.8) is 0 Å². The van der Waals surface area contributed by atoms with Gasteiger partial charge in [-0.15, -0.1) is 0 Å². The van der Waals surface area contributed by atoms with Gasteiger partial charge >= 0.3 is 0 Å². The molecule has 0 saturated carbocycles. The number of aromatic nitrogens is 1. The summed E-state index contributed by atoms with van der Waals surface area (Å²) in [6.07, 6.45) is 0. The predicted octanol–water partition coefficient (Wildman–Crippen LogP) is 11.1. The Kier molecular flexibility index (Phi) is 4.61. The Balaban J connectivity index is 1.36. The first kappa shape index (κ1) is 23.9. The molecular formula is C42H28N2. The van der Waals surface area contributed by atoms with Gasteiger partial charge in [0, 0.05) is 38.6 Å². The van der Waals surface area contributed by atoms with Gasteiger partial charge in [-0.1, -0.05) is 109 Å². The lowest BCUT2D eigenvalue weighted by molar-refractivity contribution is 0.728. The van der Waals surface area contributed by atoms with Crippen LogP contribution in [-0.4, -0.2) is 4.57 Å². The zero-order chi connectivity index (χ0) is 29.0. The summed E-state index contributed by atoms with van der Waals surface area (Å²) in [6.45, 7) is 2.45. The fourth-order valence-corrected chi connectivity index (χ4v) is 8.31. The molecule has 1 aliphatic carbocycles. The summed E-state index contributed by atoms with van der Waals surface area (Å²) >= 11 is 0. The third kappa shape index (κ3) is 2.90. The first-order valence-corrected chi connectivity index (χ1v) is 15.4. The van der Waals surface area contributed by atoms with E-state index in [0.29, 0.717) is 0 Å². The van der Waals surface area contributed by atoms with Crippen LogP contribution >= 0.6 is 0 Å². The molecule has 10 rings (SSSR count). The highest BCUT2D eigenvalue weighted by Gasteiger charge is 2.45. The van der Waals surface area contributed by atoms with Crippen LogP contribution in [0.3, 0.4) is 0 Å². The lowest BCUT2D eigenvalue weighted by Gasteiger charge is -2.28. The van der Waals surface area contributed by atoms with E-state index in [2.05, 4.69) is 168 Å². The van der Waals surface area contributed by atoms with Crippen molar-refractivity contribution in [1.29, 1.82) is 0 Å². The first-order chi connectivity index (χ1) is 21.7. The van der Waals surface area contributed by atoms with Crippen LogP contribution in [0.4, 0.5) is 17.1 Å². The third-order valence-corrected chi connectivity index (χ3v) is 10.1. The van der Waals surface area contributed by atoms with E-state index in [-0.39, 0.29) is 5.41 Å². The van der Waals surface area contributed by atoms with Crippen molar-refractivity contribution in [3.05, 3.63) is 168 Å². The molecule has 0 bridgehead atoms. The van der Waals surface area contributed by atoms with Gasteiger partial charge in [-0.05, 0) is 82.6 Å². The zero-order valence-electron chi connectivity index (χ0n) is 24.3. The summed E-state index contributed by atoms with van der Waals surface area (Å²) in [4.78, 5) is 2.36. The lowest BCUT2D eigenvalue weighted by Crippen LogP contribution is -2.22. The molecule has 0 N–H and O–H groups in total. The standard InChI is InChI=1S/C42H28N2/c1-42-35-19-9-8-17-31(35)33-24-22-27-12-10-21-37(39(27)40(33)42)44-38-26-30(23-25-32(38)34-18-11-20-36(42)41(34)44)43(28-13-4-2-5-14-28)29-15-6-3-7-16-29/h2-26H,1H3. The second-order valence-corrected chi connectivity index (χ2v) is 12.3. The van der Waals surface area contributed by atoms with Crippen LogP contribution < -0.4 is 4.90 Å². The Hall–Kier alpha value is -5.60. The van der Waals surface area contributed by atoms with Crippen molar-refractivity contribution in [2.45, 2.75) is 12.3 Å². The molecule has 1 atom stereocenters. The molecule has 0 fully saturated rings. The highest BCUT2D eigenvalue weighted by Crippen LogP contribution is 2.59. The van der Waals surface area contributed by atoms with E-state index in [1.54, 1.807) is 0 Å². The average Bonchev–Trinajstić information content (AvgIpc) is 3.52. The second-order valence-electron chi connectivity index (χ2n) is 12.3. The van der Waals surface area contributed by atoms with Gasteiger partial charge in [0.1, 0.15) is 0 Å². The molecule has 0 saturated heterocycles. The molecule has 1 aromatic heterocycles. The molecule has 2 aliphatic rings. The number of benzene rings is 7. The van der Waals surface area contributed by atoms with Crippen molar-refractivity contribution in [2.75, 3.05) is 4.90 Å². The van der Waals surface area contributed by atoms with E-state index in [1.165, 1.54) is 66.1 Å². The molecule has 7 aromatic carbocycles. The Morgan fingerprint density at radius 1 is 0.523 bits per heavy atom. The number of anilines is 3. The Morgan fingerprint density at radius 2 is 1.23 bits per heavy atom. The van der Waals surface area contributed by atoms with Gasteiger partial charge in [0.25, 0.3) is 0 Å². The normalized spacial score (nSPS) is 15.9. The minimum atomic E-state index is -0.271. The van der Waals surface area contributed by atoms with Gasteiger partial charge in [0.15, 0.2) is 0 Å². The van der Waals surface area contributed by atoms with E-state index in [0.717, 1.165) is 17.1 Å². The van der Waals surface area contributed by atoms with Crippen molar-refractivity contribution in [1.82, 2.24) is 4.57 Å². The molecule has 2 heteroatoms. The van der Waals surface area contributed by atoms with E-state index < -0.39 is 0 Å². The number of rotatable bonds is 3. The van der Waals surface area contributed by atoms with Crippen LogP contribution in [0.25, 0.3) is 49.4 Å². The van der Waals surface area contributed by atoms with E-state index in [4.69, 9.17) is 0 Å². The van der Waals surface area contributed by atoms with Crippen molar-refractivity contribution in [3.8, 4) is 16.8 Å².